The van der Waals surface area contributed by atoms with E-state index in [-0.39, 0.29) is 18.8 Å². The molecule has 1 aliphatic heterocycles. The SMILES string of the molecule is CCS(=O)(=O)C1CN(C(=O)c2ccccc2C(F)(F)F)C1. The molecular weight excluding hydrogens is 307 g/mol. The lowest BCUT2D eigenvalue weighted by Gasteiger charge is -2.38. The van der Waals surface area contributed by atoms with Crippen molar-refractivity contribution in [1.29, 1.82) is 0 Å². The number of rotatable bonds is 3. The third-order valence-electron chi connectivity index (χ3n) is 3.51. The van der Waals surface area contributed by atoms with Crippen LogP contribution in [0.2, 0.25) is 0 Å². The van der Waals surface area contributed by atoms with Gasteiger partial charge in [0, 0.05) is 18.8 Å². The van der Waals surface area contributed by atoms with Crippen LogP contribution in [0.15, 0.2) is 24.3 Å². The van der Waals surface area contributed by atoms with Crippen molar-refractivity contribution in [2.45, 2.75) is 18.3 Å². The van der Waals surface area contributed by atoms with Crippen molar-refractivity contribution in [3.8, 4) is 0 Å². The number of hydrogen-bond acceptors (Lipinski definition) is 3. The molecule has 1 fully saturated rings. The molecule has 2 rings (SSSR count). The highest BCUT2D eigenvalue weighted by Gasteiger charge is 2.41. The first-order valence-corrected chi connectivity index (χ1v) is 8.05. The van der Waals surface area contributed by atoms with Gasteiger partial charge in [-0.1, -0.05) is 19.1 Å². The summed E-state index contributed by atoms with van der Waals surface area (Å²) < 4.78 is 61.7. The summed E-state index contributed by atoms with van der Waals surface area (Å²) in [4.78, 5) is 13.2. The predicted octanol–water partition coefficient (Wildman–Crippen LogP) is 1.96. The van der Waals surface area contributed by atoms with Crippen LogP contribution in [-0.4, -0.2) is 43.3 Å². The van der Waals surface area contributed by atoms with Crippen molar-refractivity contribution in [3.63, 3.8) is 0 Å². The summed E-state index contributed by atoms with van der Waals surface area (Å²) in [6.07, 6.45) is -4.62. The highest BCUT2D eigenvalue weighted by Crippen LogP contribution is 2.33. The lowest BCUT2D eigenvalue weighted by atomic mass is 10.0. The molecule has 0 N–H and O–H groups in total. The second kappa shape index (κ2) is 5.32. The number of carbonyl (C=O) groups is 1. The van der Waals surface area contributed by atoms with Crippen molar-refractivity contribution in [3.05, 3.63) is 35.4 Å². The Morgan fingerprint density at radius 3 is 2.38 bits per heavy atom. The Hall–Kier alpha value is -1.57. The zero-order chi connectivity index (χ0) is 15.8. The van der Waals surface area contributed by atoms with Crippen LogP contribution in [0.3, 0.4) is 0 Å². The second-order valence-electron chi connectivity index (χ2n) is 4.83. The van der Waals surface area contributed by atoms with Crippen LogP contribution >= 0.6 is 0 Å². The Bertz CT molecular complexity index is 649. The number of benzene rings is 1. The van der Waals surface area contributed by atoms with Crippen LogP contribution in [0.1, 0.15) is 22.8 Å². The van der Waals surface area contributed by atoms with Gasteiger partial charge in [0.15, 0.2) is 9.84 Å². The van der Waals surface area contributed by atoms with Gasteiger partial charge in [-0.15, -0.1) is 0 Å². The molecule has 1 saturated heterocycles. The maximum Gasteiger partial charge on any atom is 0.417 e. The zero-order valence-electron chi connectivity index (χ0n) is 11.2. The molecule has 1 aromatic rings. The number of halogens is 3. The van der Waals surface area contributed by atoms with E-state index in [0.29, 0.717) is 0 Å². The number of carbonyl (C=O) groups excluding carboxylic acids is 1. The molecule has 0 saturated carbocycles. The standard InChI is InChI=1S/C13H14F3NO3S/c1-2-21(19,20)9-7-17(8-9)12(18)10-5-3-4-6-11(10)13(14,15)16/h3-6,9H,2,7-8H2,1H3. The number of likely N-dealkylation sites (tertiary alicyclic amines) is 1. The molecule has 0 radical (unpaired) electrons. The van der Waals surface area contributed by atoms with Gasteiger partial charge in [0.25, 0.3) is 5.91 Å². The summed E-state index contributed by atoms with van der Waals surface area (Å²) in [5.74, 6) is -0.829. The molecule has 21 heavy (non-hydrogen) atoms. The van der Waals surface area contributed by atoms with E-state index in [4.69, 9.17) is 0 Å². The first-order valence-electron chi connectivity index (χ1n) is 6.34. The molecule has 1 amide bonds. The van der Waals surface area contributed by atoms with Crippen molar-refractivity contribution >= 4 is 15.7 Å². The molecule has 1 heterocycles. The van der Waals surface area contributed by atoms with E-state index in [2.05, 4.69) is 0 Å². The van der Waals surface area contributed by atoms with Crippen LogP contribution in [0.4, 0.5) is 13.2 Å². The van der Waals surface area contributed by atoms with Gasteiger partial charge >= 0.3 is 6.18 Å². The Balaban J connectivity index is 2.18. The molecule has 0 bridgehead atoms. The maximum atomic E-state index is 12.8. The van der Waals surface area contributed by atoms with Crippen LogP contribution in [-0.2, 0) is 16.0 Å². The van der Waals surface area contributed by atoms with Gasteiger partial charge in [-0.2, -0.15) is 13.2 Å². The molecule has 1 aromatic carbocycles. The van der Waals surface area contributed by atoms with Gasteiger partial charge in [0.2, 0.25) is 0 Å². The van der Waals surface area contributed by atoms with Crippen LogP contribution < -0.4 is 0 Å². The molecule has 0 atom stereocenters. The fourth-order valence-corrected chi connectivity index (χ4v) is 3.44. The first kappa shape index (κ1) is 15.8. The van der Waals surface area contributed by atoms with E-state index in [0.717, 1.165) is 17.0 Å². The lowest BCUT2D eigenvalue weighted by Crippen LogP contribution is -2.57. The molecule has 8 heteroatoms. The molecule has 0 spiro atoms. The van der Waals surface area contributed by atoms with Gasteiger partial charge in [0.05, 0.1) is 16.4 Å². The minimum atomic E-state index is -4.62. The Morgan fingerprint density at radius 1 is 1.29 bits per heavy atom. The lowest BCUT2D eigenvalue weighted by molar-refractivity contribution is -0.138. The minimum absolute atomic E-state index is 0.0428. The quantitative estimate of drug-likeness (QED) is 0.855. The Morgan fingerprint density at radius 2 is 1.86 bits per heavy atom. The third-order valence-corrected chi connectivity index (χ3v) is 5.63. The van der Waals surface area contributed by atoms with E-state index in [1.54, 1.807) is 0 Å². The van der Waals surface area contributed by atoms with Gasteiger partial charge in [0.1, 0.15) is 0 Å². The van der Waals surface area contributed by atoms with E-state index < -0.39 is 38.3 Å². The minimum Gasteiger partial charge on any atom is -0.336 e. The average Bonchev–Trinajstić information content (AvgIpc) is 2.35. The van der Waals surface area contributed by atoms with Gasteiger partial charge in [-0.05, 0) is 12.1 Å². The van der Waals surface area contributed by atoms with Crippen molar-refractivity contribution in [1.82, 2.24) is 4.90 Å². The largest absolute Gasteiger partial charge is 0.417 e. The van der Waals surface area contributed by atoms with E-state index in [9.17, 15) is 26.4 Å². The molecule has 0 aromatic heterocycles. The highest BCUT2D eigenvalue weighted by atomic mass is 32.2. The maximum absolute atomic E-state index is 12.8. The predicted molar refractivity (Wildman–Crippen MR) is 70.6 cm³/mol. The number of amides is 1. The van der Waals surface area contributed by atoms with Crippen LogP contribution in [0.25, 0.3) is 0 Å². The van der Waals surface area contributed by atoms with Crippen molar-refractivity contribution in [2.24, 2.45) is 0 Å². The van der Waals surface area contributed by atoms with Crippen LogP contribution in [0.5, 0.6) is 0 Å². The summed E-state index contributed by atoms with van der Waals surface area (Å²) in [6.45, 7) is 1.39. The number of nitrogens with zero attached hydrogens (tertiary/aromatic N) is 1. The summed E-state index contributed by atoms with van der Waals surface area (Å²) in [7, 11) is -3.26. The van der Waals surface area contributed by atoms with Crippen LogP contribution in [0, 0.1) is 0 Å². The summed E-state index contributed by atoms with van der Waals surface area (Å²) in [5, 5.41) is -0.676. The number of alkyl halides is 3. The Kier molecular flexibility index (Phi) is 4.01. The summed E-state index contributed by atoms with van der Waals surface area (Å²) in [5.41, 5.74) is -1.45. The monoisotopic (exact) mass is 321 g/mol. The zero-order valence-corrected chi connectivity index (χ0v) is 12.0. The highest BCUT2D eigenvalue weighted by molar-refractivity contribution is 7.92. The topological polar surface area (TPSA) is 54.5 Å². The fourth-order valence-electron chi connectivity index (χ4n) is 2.15. The fraction of sp³-hybridized carbons (Fsp3) is 0.462. The van der Waals surface area contributed by atoms with E-state index >= 15 is 0 Å². The normalized spacial score (nSPS) is 16.7. The van der Waals surface area contributed by atoms with E-state index in [1.165, 1.54) is 19.1 Å². The number of hydrogen-bond donors (Lipinski definition) is 0. The molecule has 0 aliphatic carbocycles. The first-order chi connectivity index (χ1) is 9.66. The molecular formula is C13H14F3NO3S. The average molecular weight is 321 g/mol. The molecule has 1 aliphatic rings. The second-order valence-corrected chi connectivity index (χ2v) is 7.40. The molecule has 0 unspecified atom stereocenters. The van der Waals surface area contributed by atoms with E-state index in [1.807, 2.05) is 0 Å². The third kappa shape index (κ3) is 3.04. The van der Waals surface area contributed by atoms with Crippen molar-refractivity contribution < 1.29 is 26.4 Å². The smallest absolute Gasteiger partial charge is 0.336 e. The van der Waals surface area contributed by atoms with Gasteiger partial charge < -0.3 is 4.90 Å². The van der Waals surface area contributed by atoms with Gasteiger partial charge in [-0.25, -0.2) is 8.42 Å². The number of sulfone groups is 1. The molecule has 4 nitrogen and oxygen atoms in total. The summed E-state index contributed by atoms with van der Waals surface area (Å²) >= 11 is 0. The Labute approximate surface area is 120 Å². The van der Waals surface area contributed by atoms with Gasteiger partial charge in [-0.3, -0.25) is 4.79 Å². The van der Waals surface area contributed by atoms with Crippen molar-refractivity contribution in [2.75, 3.05) is 18.8 Å². The molecule has 116 valence electrons. The summed E-state index contributed by atoms with van der Waals surface area (Å²) in [6, 6.07) is 4.50.